The highest BCUT2D eigenvalue weighted by Gasteiger charge is 2.16. The van der Waals surface area contributed by atoms with Gasteiger partial charge in [0.2, 0.25) is 0 Å². The first-order valence-corrected chi connectivity index (χ1v) is 5.30. The molecule has 0 spiro atoms. The maximum absolute atomic E-state index is 11.0. The fourth-order valence-electron chi connectivity index (χ4n) is 1.58. The molecule has 0 aliphatic carbocycles. The lowest BCUT2D eigenvalue weighted by atomic mass is 10.2. The molecule has 0 bridgehead atoms. The van der Waals surface area contributed by atoms with Gasteiger partial charge in [0.05, 0.1) is 13.4 Å². The Kier molecular flexibility index (Phi) is 3.38. The molecule has 0 aliphatic rings. The van der Waals surface area contributed by atoms with Crippen molar-refractivity contribution >= 4 is 23.0 Å². The van der Waals surface area contributed by atoms with Gasteiger partial charge in [-0.05, 0) is 0 Å². The van der Waals surface area contributed by atoms with Crippen molar-refractivity contribution in [3.8, 4) is 0 Å². The molecular weight excluding hydrogens is 238 g/mol. The zero-order valence-corrected chi connectivity index (χ0v) is 9.78. The van der Waals surface area contributed by atoms with Crippen molar-refractivity contribution in [2.75, 3.05) is 12.8 Å². The van der Waals surface area contributed by atoms with Crippen LogP contribution in [0.25, 0.3) is 11.2 Å². The van der Waals surface area contributed by atoms with Crippen molar-refractivity contribution in [2.45, 2.75) is 19.1 Å². The minimum atomic E-state index is -1.16. The monoisotopic (exact) mass is 251 g/mol. The van der Waals surface area contributed by atoms with Crippen molar-refractivity contribution in [1.29, 1.82) is 0 Å². The summed E-state index contributed by atoms with van der Waals surface area (Å²) in [5.74, 6) is -0.360. The summed E-state index contributed by atoms with van der Waals surface area (Å²) in [6, 6.07) is 0. The van der Waals surface area contributed by atoms with Crippen molar-refractivity contribution in [3.05, 3.63) is 12.7 Å². The van der Waals surface area contributed by atoms with E-state index >= 15 is 0 Å². The number of aliphatic hydroxyl groups excluding tert-OH is 1. The predicted octanol–water partition coefficient (Wildman–Crippen LogP) is -0.668. The minimum Gasteiger partial charge on any atom is -0.467 e. The summed E-state index contributed by atoms with van der Waals surface area (Å²) < 4.78 is 6.12. The number of fused-ring (bicyclic) bond motifs is 1. The number of methoxy groups -OCH3 is 1. The van der Waals surface area contributed by atoms with Crippen LogP contribution in [0.2, 0.25) is 0 Å². The Hall–Kier alpha value is -2.22. The standard InChI is InChI=1S/C10H13N5O3/c1-18-10(17)6(16)2-3-15-5-14-7-8(11)12-4-13-9(7)15/h4-6,16H,2-3H2,1H3,(H2,11,12,13)/t6-/m1/s1. The Labute approximate surface area is 102 Å². The Morgan fingerprint density at radius 2 is 2.33 bits per heavy atom. The van der Waals surface area contributed by atoms with Crippen molar-refractivity contribution in [1.82, 2.24) is 19.5 Å². The average molecular weight is 251 g/mol. The van der Waals surface area contributed by atoms with Crippen LogP contribution in [-0.4, -0.2) is 43.8 Å². The molecule has 0 aromatic carbocycles. The third kappa shape index (κ3) is 2.23. The highest BCUT2D eigenvalue weighted by Crippen LogP contribution is 2.14. The molecule has 96 valence electrons. The first kappa shape index (κ1) is 12.2. The SMILES string of the molecule is COC(=O)[C@H](O)CCn1cnc2c(N)ncnc21. The largest absolute Gasteiger partial charge is 0.467 e. The number of rotatable bonds is 4. The summed E-state index contributed by atoms with van der Waals surface area (Å²) in [6.45, 7) is 0.378. The van der Waals surface area contributed by atoms with E-state index in [1.54, 1.807) is 10.9 Å². The summed E-state index contributed by atoms with van der Waals surface area (Å²) >= 11 is 0. The number of aromatic nitrogens is 4. The van der Waals surface area contributed by atoms with Crippen molar-refractivity contribution in [3.63, 3.8) is 0 Å². The zero-order valence-electron chi connectivity index (χ0n) is 9.78. The average Bonchev–Trinajstić information content (AvgIpc) is 2.79. The van der Waals surface area contributed by atoms with E-state index in [0.717, 1.165) is 0 Å². The molecule has 2 aromatic rings. The molecule has 2 aromatic heterocycles. The maximum Gasteiger partial charge on any atom is 0.334 e. The first-order chi connectivity index (χ1) is 8.63. The molecule has 3 N–H and O–H groups in total. The number of anilines is 1. The molecule has 0 saturated carbocycles. The molecule has 0 aliphatic heterocycles. The molecule has 0 saturated heterocycles. The number of esters is 1. The third-order valence-corrected chi connectivity index (χ3v) is 2.55. The number of aryl methyl sites for hydroxylation is 1. The van der Waals surface area contributed by atoms with Gasteiger partial charge < -0.3 is 20.1 Å². The molecule has 0 amide bonds. The Morgan fingerprint density at radius 1 is 1.56 bits per heavy atom. The van der Waals surface area contributed by atoms with Crippen LogP contribution in [0, 0.1) is 0 Å². The summed E-state index contributed by atoms with van der Waals surface area (Å²) in [6.07, 6.45) is 1.93. The van der Waals surface area contributed by atoms with Gasteiger partial charge in [0.25, 0.3) is 0 Å². The van der Waals surface area contributed by atoms with Crippen LogP contribution in [0.4, 0.5) is 5.82 Å². The number of imidazole rings is 1. The Bertz CT molecular complexity index is 568. The van der Waals surface area contributed by atoms with E-state index in [9.17, 15) is 9.90 Å². The molecule has 18 heavy (non-hydrogen) atoms. The van der Waals surface area contributed by atoms with Gasteiger partial charge >= 0.3 is 5.97 Å². The lowest BCUT2D eigenvalue weighted by molar-refractivity contribution is -0.150. The van der Waals surface area contributed by atoms with Crippen LogP contribution < -0.4 is 5.73 Å². The highest BCUT2D eigenvalue weighted by atomic mass is 16.5. The predicted molar refractivity (Wildman–Crippen MR) is 62.4 cm³/mol. The number of aliphatic hydroxyl groups is 1. The second kappa shape index (κ2) is 4.96. The van der Waals surface area contributed by atoms with E-state index in [0.29, 0.717) is 23.5 Å². The number of hydrogen-bond acceptors (Lipinski definition) is 7. The second-order valence-corrected chi connectivity index (χ2v) is 3.70. The highest BCUT2D eigenvalue weighted by molar-refractivity contribution is 5.81. The van der Waals surface area contributed by atoms with E-state index in [1.165, 1.54) is 13.4 Å². The molecular formula is C10H13N5O3. The van der Waals surface area contributed by atoms with Crippen LogP contribution in [0.3, 0.4) is 0 Å². The Morgan fingerprint density at radius 3 is 3.06 bits per heavy atom. The summed E-state index contributed by atoms with van der Waals surface area (Å²) in [7, 11) is 1.23. The Balaban J connectivity index is 2.13. The van der Waals surface area contributed by atoms with Gasteiger partial charge in [-0.25, -0.2) is 19.7 Å². The van der Waals surface area contributed by atoms with Gasteiger partial charge in [-0.3, -0.25) is 0 Å². The van der Waals surface area contributed by atoms with Gasteiger partial charge in [-0.1, -0.05) is 0 Å². The van der Waals surface area contributed by atoms with Gasteiger partial charge in [0.15, 0.2) is 17.6 Å². The normalized spacial score (nSPS) is 12.6. The van der Waals surface area contributed by atoms with E-state index in [1.807, 2.05) is 0 Å². The van der Waals surface area contributed by atoms with E-state index in [4.69, 9.17) is 5.73 Å². The molecule has 8 nitrogen and oxygen atoms in total. The molecule has 0 unspecified atom stereocenters. The molecule has 8 heteroatoms. The molecule has 2 rings (SSSR count). The zero-order chi connectivity index (χ0) is 13.1. The van der Waals surface area contributed by atoms with E-state index in [2.05, 4.69) is 19.7 Å². The van der Waals surface area contributed by atoms with Crippen LogP contribution in [0.15, 0.2) is 12.7 Å². The van der Waals surface area contributed by atoms with Gasteiger partial charge in [0, 0.05) is 13.0 Å². The maximum atomic E-state index is 11.0. The number of carbonyl (C=O) groups is 1. The van der Waals surface area contributed by atoms with E-state index < -0.39 is 12.1 Å². The van der Waals surface area contributed by atoms with Gasteiger partial charge in [-0.15, -0.1) is 0 Å². The van der Waals surface area contributed by atoms with Crippen LogP contribution in [-0.2, 0) is 16.1 Å². The van der Waals surface area contributed by atoms with Gasteiger partial charge in [-0.2, -0.15) is 0 Å². The fourth-order valence-corrected chi connectivity index (χ4v) is 1.58. The lowest BCUT2D eigenvalue weighted by Crippen LogP contribution is -2.23. The van der Waals surface area contributed by atoms with Crippen LogP contribution in [0.1, 0.15) is 6.42 Å². The number of nitrogens with two attached hydrogens (primary N) is 1. The number of ether oxygens (including phenoxy) is 1. The summed E-state index contributed by atoms with van der Waals surface area (Å²) in [4.78, 5) is 23.0. The van der Waals surface area contributed by atoms with Crippen LogP contribution in [0.5, 0.6) is 0 Å². The molecule has 0 fully saturated rings. The quantitative estimate of drug-likeness (QED) is 0.692. The minimum absolute atomic E-state index is 0.210. The second-order valence-electron chi connectivity index (χ2n) is 3.70. The first-order valence-electron chi connectivity index (χ1n) is 5.30. The van der Waals surface area contributed by atoms with Crippen molar-refractivity contribution < 1.29 is 14.6 Å². The van der Waals surface area contributed by atoms with Crippen LogP contribution >= 0.6 is 0 Å². The number of carbonyl (C=O) groups excluding carboxylic acids is 1. The van der Waals surface area contributed by atoms with Crippen molar-refractivity contribution in [2.24, 2.45) is 0 Å². The molecule has 0 radical (unpaired) electrons. The topological polar surface area (TPSA) is 116 Å². The smallest absolute Gasteiger partial charge is 0.334 e. The lowest BCUT2D eigenvalue weighted by Gasteiger charge is -2.08. The number of nitrogen functional groups attached to an aromatic ring is 1. The molecule has 1 atom stereocenters. The van der Waals surface area contributed by atoms with E-state index in [-0.39, 0.29) is 6.42 Å². The number of nitrogens with zero attached hydrogens (tertiary/aromatic N) is 4. The summed E-state index contributed by atoms with van der Waals surface area (Å²) in [5.41, 5.74) is 6.72. The molecule has 2 heterocycles. The van der Waals surface area contributed by atoms with Gasteiger partial charge in [0.1, 0.15) is 11.8 Å². The number of hydrogen-bond donors (Lipinski definition) is 2. The third-order valence-electron chi connectivity index (χ3n) is 2.55. The summed E-state index contributed by atoms with van der Waals surface area (Å²) in [5, 5.41) is 9.48. The fraction of sp³-hybridized carbons (Fsp3) is 0.400.